The summed E-state index contributed by atoms with van der Waals surface area (Å²) < 4.78 is 10.5. The summed E-state index contributed by atoms with van der Waals surface area (Å²) in [5.74, 6) is 0.500. The van der Waals surface area contributed by atoms with Gasteiger partial charge in [0.2, 0.25) is 0 Å². The van der Waals surface area contributed by atoms with Crippen molar-refractivity contribution in [1.82, 2.24) is 5.32 Å². The minimum absolute atomic E-state index is 0.188. The highest BCUT2D eigenvalue weighted by molar-refractivity contribution is 5.80. The first-order valence-electron chi connectivity index (χ1n) is 7.75. The van der Waals surface area contributed by atoms with Crippen molar-refractivity contribution in [2.45, 2.75) is 71.9 Å². The van der Waals surface area contributed by atoms with E-state index < -0.39 is 5.54 Å². The molecule has 120 valence electrons. The van der Waals surface area contributed by atoms with Gasteiger partial charge in [0.05, 0.1) is 7.11 Å². The number of hydrogen-bond acceptors (Lipinski definition) is 4. The van der Waals surface area contributed by atoms with Crippen molar-refractivity contribution in [3.63, 3.8) is 0 Å². The number of unbranched alkanes of at least 4 members (excludes halogenated alkanes) is 1. The Morgan fingerprint density at radius 2 is 1.80 bits per heavy atom. The molecule has 0 saturated heterocycles. The Balaban J connectivity index is 3.94. The molecule has 0 spiro atoms. The summed E-state index contributed by atoms with van der Waals surface area (Å²) in [4.78, 5) is 11.9. The first kappa shape index (κ1) is 19.4. The van der Waals surface area contributed by atoms with E-state index in [2.05, 4.69) is 19.2 Å². The van der Waals surface area contributed by atoms with Gasteiger partial charge in [0.15, 0.2) is 0 Å². The van der Waals surface area contributed by atoms with Gasteiger partial charge < -0.3 is 9.47 Å². The van der Waals surface area contributed by atoms with Gasteiger partial charge >= 0.3 is 5.97 Å². The molecule has 0 fully saturated rings. The van der Waals surface area contributed by atoms with Crippen molar-refractivity contribution in [2.75, 3.05) is 20.3 Å². The molecule has 1 atom stereocenters. The first-order chi connectivity index (χ1) is 9.31. The van der Waals surface area contributed by atoms with Gasteiger partial charge in [-0.3, -0.25) is 10.1 Å². The van der Waals surface area contributed by atoms with Crippen molar-refractivity contribution in [1.29, 1.82) is 0 Å². The standard InChI is InChI=1S/C16H33NO3/c1-13(2)9-12-20-11-8-7-10-16(5,15(18)19-6)17-14(3)4/h13-14,17H,7-12H2,1-6H3. The number of carbonyl (C=O) groups is 1. The molecule has 0 aromatic rings. The van der Waals surface area contributed by atoms with E-state index >= 15 is 0 Å². The molecule has 0 heterocycles. The monoisotopic (exact) mass is 287 g/mol. The lowest BCUT2D eigenvalue weighted by Crippen LogP contribution is -2.52. The normalized spacial score (nSPS) is 14.6. The van der Waals surface area contributed by atoms with E-state index in [1.165, 1.54) is 7.11 Å². The molecule has 1 N–H and O–H groups in total. The van der Waals surface area contributed by atoms with Crippen LogP contribution in [0.3, 0.4) is 0 Å². The smallest absolute Gasteiger partial charge is 0.325 e. The van der Waals surface area contributed by atoms with Crippen molar-refractivity contribution >= 4 is 5.97 Å². The Labute approximate surface area is 124 Å². The molecule has 4 nitrogen and oxygen atoms in total. The highest BCUT2D eigenvalue weighted by Gasteiger charge is 2.33. The van der Waals surface area contributed by atoms with Crippen LogP contribution in [0, 0.1) is 5.92 Å². The number of carbonyl (C=O) groups excluding carboxylic acids is 1. The van der Waals surface area contributed by atoms with Crippen molar-refractivity contribution in [2.24, 2.45) is 5.92 Å². The lowest BCUT2D eigenvalue weighted by Gasteiger charge is -2.30. The van der Waals surface area contributed by atoms with Crippen LogP contribution in [0.15, 0.2) is 0 Å². The lowest BCUT2D eigenvalue weighted by molar-refractivity contribution is -0.148. The molecule has 0 rings (SSSR count). The zero-order valence-corrected chi connectivity index (χ0v) is 14.1. The fraction of sp³-hybridized carbons (Fsp3) is 0.938. The minimum Gasteiger partial charge on any atom is -0.468 e. The summed E-state index contributed by atoms with van der Waals surface area (Å²) in [5.41, 5.74) is -0.596. The molecule has 20 heavy (non-hydrogen) atoms. The SMILES string of the molecule is COC(=O)C(C)(CCCCOCCC(C)C)NC(C)C. The highest BCUT2D eigenvalue weighted by atomic mass is 16.5. The predicted octanol–water partition coefficient (Wildman–Crippen LogP) is 3.15. The summed E-state index contributed by atoms with van der Waals surface area (Å²) in [7, 11) is 1.44. The zero-order chi connectivity index (χ0) is 15.6. The molecule has 0 saturated carbocycles. The van der Waals surface area contributed by atoms with Crippen LogP contribution in [-0.4, -0.2) is 37.9 Å². The van der Waals surface area contributed by atoms with Crippen LogP contribution in [0.1, 0.15) is 60.3 Å². The van der Waals surface area contributed by atoms with Crippen molar-refractivity contribution in [3.8, 4) is 0 Å². The van der Waals surface area contributed by atoms with Gasteiger partial charge in [0, 0.05) is 19.3 Å². The maximum absolute atomic E-state index is 11.9. The third kappa shape index (κ3) is 8.54. The van der Waals surface area contributed by atoms with E-state index in [9.17, 15) is 4.79 Å². The quantitative estimate of drug-likeness (QED) is 0.468. The molecular formula is C16H33NO3. The molecule has 0 aliphatic rings. The summed E-state index contributed by atoms with van der Waals surface area (Å²) in [6.07, 6.45) is 3.80. The third-order valence-corrected chi connectivity index (χ3v) is 3.30. The fourth-order valence-electron chi connectivity index (χ4n) is 2.20. The van der Waals surface area contributed by atoms with Gasteiger partial charge in [-0.2, -0.15) is 0 Å². The molecule has 0 bridgehead atoms. The highest BCUT2D eigenvalue weighted by Crippen LogP contribution is 2.17. The number of esters is 1. The van der Waals surface area contributed by atoms with Crippen LogP contribution in [0.4, 0.5) is 0 Å². The van der Waals surface area contributed by atoms with Gasteiger partial charge in [0.25, 0.3) is 0 Å². The summed E-state index contributed by atoms with van der Waals surface area (Å²) in [6.45, 7) is 12.0. The first-order valence-corrected chi connectivity index (χ1v) is 7.75. The second kappa shape index (κ2) is 10.2. The summed E-state index contributed by atoms with van der Waals surface area (Å²) in [5, 5.41) is 3.31. The van der Waals surface area contributed by atoms with Gasteiger partial charge in [-0.25, -0.2) is 0 Å². The van der Waals surface area contributed by atoms with E-state index in [4.69, 9.17) is 9.47 Å². The van der Waals surface area contributed by atoms with Gasteiger partial charge in [-0.1, -0.05) is 13.8 Å². The number of rotatable bonds is 11. The van der Waals surface area contributed by atoms with E-state index in [0.717, 1.165) is 38.9 Å². The maximum Gasteiger partial charge on any atom is 0.325 e. The topological polar surface area (TPSA) is 47.6 Å². The Bertz CT molecular complexity index is 266. The largest absolute Gasteiger partial charge is 0.468 e. The molecule has 0 aromatic carbocycles. The molecule has 0 radical (unpaired) electrons. The number of nitrogens with one attached hydrogen (secondary N) is 1. The summed E-state index contributed by atoms with van der Waals surface area (Å²) in [6, 6.07) is 0.251. The molecule has 0 aromatic heterocycles. The van der Waals surface area contributed by atoms with Crippen LogP contribution < -0.4 is 5.32 Å². The van der Waals surface area contributed by atoms with E-state index in [1.54, 1.807) is 0 Å². The molecule has 0 aliphatic heterocycles. The van der Waals surface area contributed by atoms with Gasteiger partial charge in [-0.15, -0.1) is 0 Å². The number of hydrogen-bond donors (Lipinski definition) is 1. The van der Waals surface area contributed by atoms with E-state index in [1.807, 2.05) is 20.8 Å². The molecule has 1 unspecified atom stereocenters. The van der Waals surface area contributed by atoms with Crippen LogP contribution in [0.25, 0.3) is 0 Å². The van der Waals surface area contributed by atoms with Gasteiger partial charge in [-0.05, 0) is 52.4 Å². The number of methoxy groups -OCH3 is 1. The lowest BCUT2D eigenvalue weighted by atomic mass is 9.94. The minimum atomic E-state index is -0.596. The van der Waals surface area contributed by atoms with Gasteiger partial charge in [0.1, 0.15) is 5.54 Å². The zero-order valence-electron chi connectivity index (χ0n) is 14.1. The van der Waals surface area contributed by atoms with E-state index in [0.29, 0.717) is 5.92 Å². The third-order valence-electron chi connectivity index (χ3n) is 3.30. The fourth-order valence-corrected chi connectivity index (χ4v) is 2.20. The Hall–Kier alpha value is -0.610. The Morgan fingerprint density at radius 1 is 1.15 bits per heavy atom. The van der Waals surface area contributed by atoms with Crippen LogP contribution in [-0.2, 0) is 14.3 Å². The molecular weight excluding hydrogens is 254 g/mol. The van der Waals surface area contributed by atoms with Crippen LogP contribution in [0.5, 0.6) is 0 Å². The summed E-state index contributed by atoms with van der Waals surface area (Å²) >= 11 is 0. The Kier molecular flexibility index (Phi) is 9.86. The average molecular weight is 287 g/mol. The predicted molar refractivity (Wildman–Crippen MR) is 82.8 cm³/mol. The molecule has 0 aliphatic carbocycles. The average Bonchev–Trinajstić information content (AvgIpc) is 2.35. The Morgan fingerprint density at radius 3 is 2.30 bits per heavy atom. The van der Waals surface area contributed by atoms with Crippen molar-refractivity contribution in [3.05, 3.63) is 0 Å². The van der Waals surface area contributed by atoms with Crippen LogP contribution >= 0.6 is 0 Å². The number of ether oxygens (including phenoxy) is 2. The second-order valence-corrected chi connectivity index (χ2v) is 6.37. The second-order valence-electron chi connectivity index (χ2n) is 6.37. The van der Waals surface area contributed by atoms with Crippen molar-refractivity contribution < 1.29 is 14.3 Å². The maximum atomic E-state index is 11.9. The van der Waals surface area contributed by atoms with Crippen LogP contribution in [0.2, 0.25) is 0 Å². The molecule has 4 heteroatoms. The van der Waals surface area contributed by atoms with E-state index in [-0.39, 0.29) is 12.0 Å². The molecule has 0 amide bonds.